The van der Waals surface area contributed by atoms with Gasteiger partial charge in [-0.25, -0.2) is 4.39 Å². The van der Waals surface area contributed by atoms with Crippen LogP contribution in [0.4, 0.5) is 4.39 Å². The number of hydrogen-bond donors (Lipinski definition) is 0. The van der Waals surface area contributed by atoms with Crippen molar-refractivity contribution in [1.29, 1.82) is 0 Å². The average Bonchev–Trinajstić information content (AvgIpc) is 2.65. The maximum Gasteiger partial charge on any atom is 0.0867 e. The Morgan fingerprint density at radius 1 is 1.04 bits per heavy atom. The number of nitrogens with zero attached hydrogens (tertiary/aromatic N) is 1. The zero-order chi connectivity index (χ0) is 19.4. The van der Waals surface area contributed by atoms with E-state index in [1.165, 1.54) is 6.08 Å². The third-order valence-electron chi connectivity index (χ3n) is 4.19. The highest BCUT2D eigenvalue weighted by atomic mass is 19.1. The summed E-state index contributed by atoms with van der Waals surface area (Å²) >= 11 is 0. The van der Waals surface area contributed by atoms with Gasteiger partial charge in [-0.05, 0) is 61.1 Å². The average molecular weight is 354 g/mol. The van der Waals surface area contributed by atoms with Gasteiger partial charge < -0.3 is 4.90 Å². The molecule has 2 heteroatoms. The molecule has 0 radical (unpaired) electrons. The summed E-state index contributed by atoms with van der Waals surface area (Å²) in [5, 5.41) is 0. The van der Waals surface area contributed by atoms with E-state index in [0.717, 1.165) is 53.9 Å². The lowest BCUT2D eigenvalue weighted by Gasteiger charge is -2.24. The molecule has 26 heavy (non-hydrogen) atoms. The Morgan fingerprint density at radius 3 is 2.19 bits per heavy atom. The number of hydrogen-bond acceptors (Lipinski definition) is 1. The lowest BCUT2D eigenvalue weighted by molar-refractivity contribution is 0.356. The Balaban J connectivity index is 3.21. The predicted molar refractivity (Wildman–Crippen MR) is 113 cm³/mol. The fourth-order valence-electron chi connectivity index (χ4n) is 2.98. The van der Waals surface area contributed by atoms with E-state index in [1.54, 1.807) is 6.08 Å². The monoisotopic (exact) mass is 353 g/mol. The van der Waals surface area contributed by atoms with Gasteiger partial charge in [0.2, 0.25) is 0 Å². The topological polar surface area (TPSA) is 3.24 Å². The summed E-state index contributed by atoms with van der Waals surface area (Å²) in [5.41, 5.74) is 5.43. The van der Waals surface area contributed by atoms with Gasteiger partial charge in [-0.2, -0.15) is 0 Å². The van der Waals surface area contributed by atoms with Crippen molar-refractivity contribution in [2.45, 2.75) is 40.5 Å². The molecule has 1 aromatic carbocycles. The van der Waals surface area contributed by atoms with Crippen molar-refractivity contribution in [3.63, 3.8) is 0 Å². The summed E-state index contributed by atoms with van der Waals surface area (Å²) in [4.78, 5) is 2.32. The first-order chi connectivity index (χ1) is 12.5. The minimum absolute atomic E-state index is 0.562. The molecule has 0 amide bonds. The Kier molecular flexibility index (Phi) is 10.1. The van der Waals surface area contributed by atoms with Crippen molar-refractivity contribution in [2.24, 2.45) is 0 Å². The smallest absolute Gasteiger partial charge is 0.0867 e. The summed E-state index contributed by atoms with van der Waals surface area (Å²) in [7, 11) is 0. The molecule has 0 heterocycles. The van der Waals surface area contributed by atoms with Crippen LogP contribution < -0.4 is 0 Å². The summed E-state index contributed by atoms with van der Waals surface area (Å²) in [5.74, 6) is 0. The summed E-state index contributed by atoms with van der Waals surface area (Å²) in [6, 6.07) is 10.2. The van der Waals surface area contributed by atoms with Crippen molar-refractivity contribution >= 4 is 5.57 Å². The Hall–Kier alpha value is -2.35. The Morgan fingerprint density at radius 2 is 1.65 bits per heavy atom. The van der Waals surface area contributed by atoms with Crippen LogP contribution in [0.25, 0.3) is 5.57 Å². The molecule has 0 N–H and O–H groups in total. The highest BCUT2D eigenvalue weighted by Crippen LogP contribution is 2.27. The van der Waals surface area contributed by atoms with Crippen LogP contribution in [-0.4, -0.2) is 18.0 Å². The molecule has 0 saturated carbocycles. The first-order valence-corrected chi connectivity index (χ1v) is 9.37. The van der Waals surface area contributed by atoms with E-state index in [2.05, 4.69) is 56.5 Å². The SMILES string of the molecule is C=C(\C=C/C(C)=C(/C(C)=C/C=C\F)c1ccccc1)N(CCC)CCC. The van der Waals surface area contributed by atoms with E-state index in [4.69, 9.17) is 0 Å². The van der Waals surface area contributed by atoms with Crippen LogP contribution in [0.3, 0.4) is 0 Å². The predicted octanol–water partition coefficient (Wildman–Crippen LogP) is 7.08. The quantitative estimate of drug-likeness (QED) is 0.406. The lowest BCUT2D eigenvalue weighted by atomic mass is 9.93. The molecule has 0 aliphatic heterocycles. The van der Waals surface area contributed by atoms with Crippen LogP contribution in [-0.2, 0) is 0 Å². The van der Waals surface area contributed by atoms with Crippen molar-refractivity contribution < 1.29 is 4.39 Å². The number of rotatable bonds is 10. The van der Waals surface area contributed by atoms with Crippen molar-refractivity contribution in [2.75, 3.05) is 13.1 Å². The molecule has 1 aromatic rings. The molecule has 0 fully saturated rings. The first-order valence-electron chi connectivity index (χ1n) is 9.37. The van der Waals surface area contributed by atoms with Gasteiger partial charge in [0.1, 0.15) is 0 Å². The summed E-state index contributed by atoms with van der Waals surface area (Å²) in [6.45, 7) is 14.7. The molecule has 1 nitrogen and oxygen atoms in total. The van der Waals surface area contributed by atoms with E-state index in [1.807, 2.05) is 25.1 Å². The molecule has 0 spiro atoms. The van der Waals surface area contributed by atoms with Gasteiger partial charge in [-0.1, -0.05) is 62.9 Å². The fraction of sp³-hybridized carbons (Fsp3) is 0.333. The lowest BCUT2D eigenvalue weighted by Crippen LogP contribution is -2.23. The van der Waals surface area contributed by atoms with Gasteiger partial charge in [-0.3, -0.25) is 0 Å². The number of benzene rings is 1. The van der Waals surface area contributed by atoms with Crippen LogP contribution >= 0.6 is 0 Å². The molecule has 140 valence electrons. The van der Waals surface area contributed by atoms with Crippen molar-refractivity contribution in [3.05, 3.63) is 90.0 Å². The Labute approximate surface area is 158 Å². The molecule has 0 aliphatic rings. The largest absolute Gasteiger partial charge is 0.372 e. The first kappa shape index (κ1) is 21.7. The van der Waals surface area contributed by atoms with Gasteiger partial charge in [-0.15, -0.1) is 0 Å². The molecular weight excluding hydrogens is 321 g/mol. The molecule has 0 saturated heterocycles. The van der Waals surface area contributed by atoms with Gasteiger partial charge in [0, 0.05) is 18.8 Å². The normalized spacial score (nSPS) is 13.3. The second kappa shape index (κ2) is 12.1. The third-order valence-corrected chi connectivity index (χ3v) is 4.19. The highest BCUT2D eigenvalue weighted by Gasteiger charge is 2.07. The van der Waals surface area contributed by atoms with Crippen LogP contribution in [0.1, 0.15) is 46.1 Å². The molecular formula is C24H32FN. The van der Waals surface area contributed by atoms with E-state index in [9.17, 15) is 4.39 Å². The zero-order valence-electron chi connectivity index (χ0n) is 16.6. The minimum Gasteiger partial charge on any atom is -0.372 e. The van der Waals surface area contributed by atoms with Crippen molar-refractivity contribution in [3.8, 4) is 0 Å². The molecule has 0 atom stereocenters. The molecule has 0 aliphatic carbocycles. The van der Waals surface area contributed by atoms with E-state index >= 15 is 0 Å². The van der Waals surface area contributed by atoms with Crippen LogP contribution in [0, 0.1) is 0 Å². The summed E-state index contributed by atoms with van der Waals surface area (Å²) in [6.07, 6.45) is 10.2. The Bertz CT molecular complexity index is 671. The summed E-state index contributed by atoms with van der Waals surface area (Å²) < 4.78 is 12.4. The second-order valence-electron chi connectivity index (χ2n) is 6.40. The molecule has 0 unspecified atom stereocenters. The highest BCUT2D eigenvalue weighted by molar-refractivity contribution is 5.82. The number of allylic oxidation sites excluding steroid dienone is 7. The van der Waals surface area contributed by atoms with Gasteiger partial charge in [0.15, 0.2) is 0 Å². The van der Waals surface area contributed by atoms with Gasteiger partial charge in [0.05, 0.1) is 6.33 Å². The maximum absolute atomic E-state index is 12.4. The molecule has 0 aromatic heterocycles. The van der Waals surface area contributed by atoms with Crippen LogP contribution in [0.5, 0.6) is 0 Å². The van der Waals surface area contributed by atoms with E-state index in [0.29, 0.717) is 6.33 Å². The second-order valence-corrected chi connectivity index (χ2v) is 6.40. The minimum atomic E-state index is 0.562. The van der Waals surface area contributed by atoms with Gasteiger partial charge in [0.25, 0.3) is 0 Å². The van der Waals surface area contributed by atoms with E-state index in [-0.39, 0.29) is 0 Å². The van der Waals surface area contributed by atoms with Crippen molar-refractivity contribution in [1.82, 2.24) is 4.90 Å². The fourth-order valence-corrected chi connectivity index (χ4v) is 2.98. The standard InChI is InChI=1S/C24H32FN/c1-6-18-26(19-7-2)22(5)16-15-21(4)24(20(3)12-11-17-25)23-13-9-8-10-14-23/h8-17H,5-7,18-19H2,1-4H3/b16-15-,17-11-,20-12+,24-21-. The third kappa shape index (κ3) is 6.87. The van der Waals surface area contributed by atoms with Crippen LogP contribution in [0.15, 0.2) is 84.4 Å². The van der Waals surface area contributed by atoms with Crippen LogP contribution in [0.2, 0.25) is 0 Å². The van der Waals surface area contributed by atoms with Gasteiger partial charge >= 0.3 is 0 Å². The van der Waals surface area contributed by atoms with E-state index < -0.39 is 0 Å². The molecule has 1 rings (SSSR count). The zero-order valence-corrected chi connectivity index (χ0v) is 16.6. The molecule has 0 bridgehead atoms. The number of halogens is 1. The maximum atomic E-state index is 12.4.